The van der Waals surface area contributed by atoms with Crippen LogP contribution in [-0.4, -0.2) is 11.5 Å². The predicted octanol–water partition coefficient (Wildman–Crippen LogP) is 6.48. The second-order valence-electron chi connectivity index (χ2n) is 7.58. The van der Waals surface area contributed by atoms with E-state index in [4.69, 9.17) is 9.47 Å². The molecule has 3 aromatic carbocycles. The molecule has 1 N–H and O–H groups in total. The third kappa shape index (κ3) is 6.35. The summed E-state index contributed by atoms with van der Waals surface area (Å²) in [6, 6.07) is 18.8. The highest BCUT2D eigenvalue weighted by Gasteiger charge is 2.14. The molecule has 0 amide bonds. The van der Waals surface area contributed by atoms with Crippen molar-refractivity contribution in [1.29, 1.82) is 0 Å². The van der Waals surface area contributed by atoms with E-state index in [2.05, 4.69) is 43.1 Å². The number of rotatable bonds is 12. The topological polar surface area (TPSA) is 73.6 Å². The molecular formula is C27H30N2O4. The van der Waals surface area contributed by atoms with E-state index in [-0.39, 0.29) is 12.3 Å². The highest BCUT2D eigenvalue weighted by Crippen LogP contribution is 2.35. The molecule has 3 rings (SSSR count). The number of hydrogen-bond donors (Lipinski definition) is 1. The fourth-order valence-corrected chi connectivity index (χ4v) is 3.63. The highest BCUT2D eigenvalue weighted by atomic mass is 16.6. The van der Waals surface area contributed by atoms with Gasteiger partial charge in [-0.15, -0.1) is 6.58 Å². The summed E-state index contributed by atoms with van der Waals surface area (Å²) in [5.41, 5.74) is 5.37. The molecular weight excluding hydrogens is 416 g/mol. The van der Waals surface area contributed by atoms with E-state index in [1.165, 1.54) is 17.7 Å². The molecule has 0 bridgehead atoms. The largest absolute Gasteiger partial charge is 0.490 e. The van der Waals surface area contributed by atoms with Crippen LogP contribution in [0.1, 0.15) is 36.1 Å². The van der Waals surface area contributed by atoms with E-state index in [1.807, 2.05) is 25.1 Å². The van der Waals surface area contributed by atoms with Crippen LogP contribution in [0.25, 0.3) is 0 Å². The lowest BCUT2D eigenvalue weighted by Gasteiger charge is -2.18. The lowest BCUT2D eigenvalue weighted by atomic mass is 10.0. The second-order valence-corrected chi connectivity index (χ2v) is 7.58. The standard InChI is InChI=1S/C27H30N2O4/c1-4-9-23-16-21(18-28-25-11-8-7-10-22(25)5-2)17-26(32-6-3)27(23)33-19-20-12-14-24(15-13-20)29(30)31/h4,7-8,10-17,28H,1,5-6,9,18-19H2,2-3H3. The normalized spacial score (nSPS) is 10.5. The number of benzene rings is 3. The highest BCUT2D eigenvalue weighted by molar-refractivity contribution is 5.54. The summed E-state index contributed by atoms with van der Waals surface area (Å²) in [6.07, 6.45) is 3.44. The first-order valence-electron chi connectivity index (χ1n) is 11.1. The summed E-state index contributed by atoms with van der Waals surface area (Å²) in [5, 5.41) is 14.4. The Morgan fingerprint density at radius 3 is 2.42 bits per heavy atom. The molecule has 0 fully saturated rings. The van der Waals surface area contributed by atoms with Gasteiger partial charge >= 0.3 is 0 Å². The van der Waals surface area contributed by atoms with Gasteiger partial charge in [0.05, 0.1) is 11.5 Å². The van der Waals surface area contributed by atoms with Gasteiger partial charge in [-0.1, -0.05) is 31.2 Å². The van der Waals surface area contributed by atoms with E-state index in [0.717, 1.165) is 28.8 Å². The average molecular weight is 447 g/mol. The Bertz CT molecular complexity index is 1090. The van der Waals surface area contributed by atoms with Gasteiger partial charge in [0, 0.05) is 29.9 Å². The molecule has 172 valence electrons. The van der Waals surface area contributed by atoms with Crippen LogP contribution in [-0.2, 0) is 26.0 Å². The van der Waals surface area contributed by atoms with Crippen molar-refractivity contribution >= 4 is 11.4 Å². The van der Waals surface area contributed by atoms with E-state index in [0.29, 0.717) is 31.1 Å². The summed E-state index contributed by atoms with van der Waals surface area (Å²) >= 11 is 0. The van der Waals surface area contributed by atoms with Gasteiger partial charge in [-0.3, -0.25) is 10.1 Å². The van der Waals surface area contributed by atoms with Gasteiger partial charge in [-0.2, -0.15) is 0 Å². The minimum Gasteiger partial charge on any atom is -0.490 e. The van der Waals surface area contributed by atoms with Crippen LogP contribution in [0.2, 0.25) is 0 Å². The van der Waals surface area contributed by atoms with Crippen molar-refractivity contribution in [3.8, 4) is 11.5 Å². The number of nitro groups is 1. The third-order valence-electron chi connectivity index (χ3n) is 5.27. The number of nitrogens with zero attached hydrogens (tertiary/aromatic N) is 1. The first kappa shape index (κ1) is 23.9. The van der Waals surface area contributed by atoms with Crippen molar-refractivity contribution in [2.24, 2.45) is 0 Å². The van der Waals surface area contributed by atoms with E-state index in [9.17, 15) is 10.1 Å². The summed E-state index contributed by atoms with van der Waals surface area (Å²) in [6.45, 7) is 9.42. The van der Waals surface area contributed by atoms with Gasteiger partial charge in [0.15, 0.2) is 11.5 Å². The number of hydrogen-bond acceptors (Lipinski definition) is 5. The third-order valence-corrected chi connectivity index (χ3v) is 5.27. The Morgan fingerprint density at radius 2 is 1.76 bits per heavy atom. The Kier molecular flexibility index (Phi) is 8.47. The average Bonchev–Trinajstić information content (AvgIpc) is 2.83. The Morgan fingerprint density at radius 1 is 1.00 bits per heavy atom. The Hall–Kier alpha value is -3.80. The van der Waals surface area contributed by atoms with Crippen LogP contribution in [0.15, 0.2) is 73.3 Å². The smallest absolute Gasteiger partial charge is 0.269 e. The number of nitrogens with one attached hydrogen (secondary N) is 1. The summed E-state index contributed by atoms with van der Waals surface area (Å²) in [7, 11) is 0. The lowest BCUT2D eigenvalue weighted by Crippen LogP contribution is -2.07. The molecule has 0 aliphatic heterocycles. The molecule has 6 nitrogen and oxygen atoms in total. The number of aryl methyl sites for hydroxylation is 1. The SMILES string of the molecule is C=CCc1cc(CNc2ccccc2CC)cc(OCC)c1OCc1ccc([N+](=O)[O-])cc1. The molecule has 0 atom stereocenters. The van der Waals surface area contributed by atoms with Crippen molar-refractivity contribution in [3.05, 3.63) is 106 Å². The van der Waals surface area contributed by atoms with Gasteiger partial charge < -0.3 is 14.8 Å². The number of anilines is 1. The first-order chi connectivity index (χ1) is 16.0. The van der Waals surface area contributed by atoms with Crippen LogP contribution >= 0.6 is 0 Å². The van der Waals surface area contributed by atoms with E-state index < -0.39 is 4.92 Å². The van der Waals surface area contributed by atoms with Crippen molar-refractivity contribution < 1.29 is 14.4 Å². The maximum Gasteiger partial charge on any atom is 0.269 e. The molecule has 6 heteroatoms. The molecule has 3 aromatic rings. The fraction of sp³-hybridized carbons (Fsp3) is 0.259. The number of allylic oxidation sites excluding steroid dienone is 1. The molecule has 0 unspecified atom stereocenters. The fourth-order valence-electron chi connectivity index (χ4n) is 3.63. The molecule has 0 aliphatic rings. The molecule has 0 heterocycles. The van der Waals surface area contributed by atoms with Gasteiger partial charge in [0.25, 0.3) is 5.69 Å². The summed E-state index contributed by atoms with van der Waals surface area (Å²) < 4.78 is 12.1. The van der Waals surface area contributed by atoms with Gasteiger partial charge in [0.1, 0.15) is 6.61 Å². The van der Waals surface area contributed by atoms with Crippen molar-refractivity contribution in [3.63, 3.8) is 0 Å². The molecule has 0 spiro atoms. The zero-order valence-electron chi connectivity index (χ0n) is 19.2. The molecule has 0 aliphatic carbocycles. The maximum atomic E-state index is 10.9. The van der Waals surface area contributed by atoms with Crippen LogP contribution in [0.4, 0.5) is 11.4 Å². The maximum absolute atomic E-state index is 10.9. The molecule has 0 radical (unpaired) electrons. The lowest BCUT2D eigenvalue weighted by molar-refractivity contribution is -0.384. The number of para-hydroxylation sites is 1. The van der Waals surface area contributed by atoms with Gasteiger partial charge in [-0.25, -0.2) is 0 Å². The zero-order valence-corrected chi connectivity index (χ0v) is 19.2. The quantitative estimate of drug-likeness (QED) is 0.196. The Labute approximate surface area is 195 Å². The second kappa shape index (κ2) is 11.7. The molecule has 0 saturated carbocycles. The number of non-ortho nitro benzene ring substituents is 1. The zero-order chi connectivity index (χ0) is 23.6. The van der Waals surface area contributed by atoms with E-state index >= 15 is 0 Å². The van der Waals surface area contributed by atoms with E-state index in [1.54, 1.807) is 12.1 Å². The Balaban J connectivity index is 1.83. The van der Waals surface area contributed by atoms with Gasteiger partial charge in [-0.05, 0) is 66.8 Å². The van der Waals surface area contributed by atoms with Crippen molar-refractivity contribution in [1.82, 2.24) is 0 Å². The van der Waals surface area contributed by atoms with Gasteiger partial charge in [0.2, 0.25) is 0 Å². The molecule has 0 saturated heterocycles. The minimum absolute atomic E-state index is 0.0580. The first-order valence-corrected chi connectivity index (χ1v) is 11.1. The molecule has 33 heavy (non-hydrogen) atoms. The van der Waals surface area contributed by atoms with Crippen LogP contribution in [0, 0.1) is 10.1 Å². The predicted molar refractivity (Wildman–Crippen MR) is 132 cm³/mol. The van der Waals surface area contributed by atoms with Crippen LogP contribution in [0.3, 0.4) is 0 Å². The summed E-state index contributed by atoms with van der Waals surface area (Å²) in [5.74, 6) is 1.35. The monoisotopic (exact) mass is 446 g/mol. The number of nitro benzene ring substituents is 1. The minimum atomic E-state index is -0.411. The van der Waals surface area contributed by atoms with Crippen LogP contribution < -0.4 is 14.8 Å². The molecule has 0 aromatic heterocycles. The summed E-state index contributed by atoms with van der Waals surface area (Å²) in [4.78, 5) is 10.5. The van der Waals surface area contributed by atoms with Crippen molar-refractivity contribution in [2.75, 3.05) is 11.9 Å². The van der Waals surface area contributed by atoms with Crippen molar-refractivity contribution in [2.45, 2.75) is 39.8 Å². The number of ether oxygens (including phenoxy) is 2. The van der Waals surface area contributed by atoms with Crippen LogP contribution in [0.5, 0.6) is 11.5 Å².